The van der Waals surface area contributed by atoms with Crippen LogP contribution in [0, 0.1) is 12.7 Å². The predicted octanol–water partition coefficient (Wildman–Crippen LogP) is 2.61. The van der Waals surface area contributed by atoms with Gasteiger partial charge >= 0.3 is 0 Å². The molecular weight excluding hydrogens is 283 g/mol. The van der Waals surface area contributed by atoms with Crippen molar-refractivity contribution in [2.75, 3.05) is 0 Å². The van der Waals surface area contributed by atoms with Crippen molar-refractivity contribution in [3.63, 3.8) is 0 Å². The molecule has 22 heavy (non-hydrogen) atoms. The number of amides is 2. The normalized spacial score (nSPS) is 10.5. The molecule has 2 rings (SSSR count). The number of carbonyl (C=O) groups excluding carboxylic acids is 2. The van der Waals surface area contributed by atoms with E-state index < -0.39 is 11.8 Å². The van der Waals surface area contributed by atoms with Crippen molar-refractivity contribution in [1.29, 1.82) is 0 Å². The topological polar surface area (TPSA) is 58.2 Å². The summed E-state index contributed by atoms with van der Waals surface area (Å²) >= 11 is 0. The van der Waals surface area contributed by atoms with E-state index in [9.17, 15) is 14.0 Å². The largest absolute Gasteiger partial charge is 0.269 e. The van der Waals surface area contributed by atoms with Crippen molar-refractivity contribution in [2.45, 2.75) is 6.92 Å². The van der Waals surface area contributed by atoms with E-state index in [0.717, 1.165) is 5.56 Å². The highest BCUT2D eigenvalue weighted by atomic mass is 19.1. The van der Waals surface area contributed by atoms with Crippen molar-refractivity contribution in [3.05, 3.63) is 77.1 Å². The Morgan fingerprint density at radius 1 is 1.05 bits per heavy atom. The molecule has 2 N–H and O–H groups in total. The van der Waals surface area contributed by atoms with Gasteiger partial charge in [0.1, 0.15) is 5.82 Å². The monoisotopic (exact) mass is 298 g/mol. The Kier molecular flexibility index (Phi) is 5.03. The lowest BCUT2D eigenvalue weighted by molar-refractivity contribution is -0.117. The van der Waals surface area contributed by atoms with Gasteiger partial charge in [-0.1, -0.05) is 29.8 Å². The van der Waals surface area contributed by atoms with Crippen LogP contribution in [0.2, 0.25) is 0 Å². The molecule has 2 aromatic rings. The molecule has 0 fully saturated rings. The number of halogens is 1. The fourth-order valence-electron chi connectivity index (χ4n) is 1.72. The molecule has 0 saturated heterocycles. The highest BCUT2D eigenvalue weighted by Crippen LogP contribution is 2.05. The number of hydrogen-bond donors (Lipinski definition) is 2. The van der Waals surface area contributed by atoms with Gasteiger partial charge in [-0.2, -0.15) is 0 Å². The summed E-state index contributed by atoms with van der Waals surface area (Å²) in [5, 5.41) is 0. The maximum atomic E-state index is 13.0. The van der Waals surface area contributed by atoms with Crippen molar-refractivity contribution in [3.8, 4) is 0 Å². The van der Waals surface area contributed by atoms with Crippen LogP contribution >= 0.6 is 0 Å². The van der Waals surface area contributed by atoms with Crippen molar-refractivity contribution in [1.82, 2.24) is 10.9 Å². The molecule has 2 amide bonds. The minimum atomic E-state index is -0.510. The van der Waals surface area contributed by atoms with Gasteiger partial charge in [-0.05, 0) is 42.8 Å². The molecule has 0 radical (unpaired) electrons. The lowest BCUT2D eigenvalue weighted by Gasteiger charge is -2.05. The first-order valence-electron chi connectivity index (χ1n) is 6.65. The molecule has 0 heterocycles. The highest BCUT2D eigenvalue weighted by molar-refractivity contribution is 5.97. The molecule has 0 saturated carbocycles. The summed E-state index contributed by atoms with van der Waals surface area (Å²) in [7, 11) is 0. The van der Waals surface area contributed by atoms with Gasteiger partial charge in [0.15, 0.2) is 0 Å². The van der Waals surface area contributed by atoms with Gasteiger partial charge in [0.25, 0.3) is 11.8 Å². The van der Waals surface area contributed by atoms with Crippen LogP contribution in [0.1, 0.15) is 21.5 Å². The molecule has 112 valence electrons. The first-order valence-corrected chi connectivity index (χ1v) is 6.65. The molecular formula is C17H15FN2O2. The summed E-state index contributed by atoms with van der Waals surface area (Å²) in [5.41, 5.74) is 6.60. The van der Waals surface area contributed by atoms with E-state index in [1.807, 2.05) is 6.92 Å². The second kappa shape index (κ2) is 7.17. The minimum Gasteiger partial charge on any atom is -0.268 e. The Bertz CT molecular complexity index is 709. The molecule has 0 aliphatic carbocycles. The Morgan fingerprint density at radius 2 is 1.77 bits per heavy atom. The second-order valence-electron chi connectivity index (χ2n) is 4.70. The molecule has 4 nitrogen and oxygen atoms in total. The van der Waals surface area contributed by atoms with Gasteiger partial charge in [0, 0.05) is 11.6 Å². The van der Waals surface area contributed by atoms with E-state index >= 15 is 0 Å². The summed E-state index contributed by atoms with van der Waals surface area (Å²) in [4.78, 5) is 23.4. The fraction of sp³-hybridized carbons (Fsp3) is 0.0588. The molecule has 0 atom stereocenters. The molecule has 2 aromatic carbocycles. The van der Waals surface area contributed by atoms with Crippen molar-refractivity contribution in [2.24, 2.45) is 0 Å². The average molecular weight is 298 g/mol. The van der Waals surface area contributed by atoms with Crippen LogP contribution in [-0.2, 0) is 4.79 Å². The fourth-order valence-corrected chi connectivity index (χ4v) is 1.72. The lowest BCUT2D eigenvalue weighted by Crippen LogP contribution is -2.40. The summed E-state index contributed by atoms with van der Waals surface area (Å²) in [5.74, 6) is -1.30. The van der Waals surface area contributed by atoms with E-state index in [1.54, 1.807) is 36.4 Å². The Hall–Kier alpha value is -2.95. The van der Waals surface area contributed by atoms with Crippen LogP contribution in [0.4, 0.5) is 4.39 Å². The van der Waals surface area contributed by atoms with Gasteiger partial charge in [-0.3, -0.25) is 20.4 Å². The molecule has 0 spiro atoms. The van der Waals surface area contributed by atoms with Gasteiger partial charge < -0.3 is 0 Å². The van der Waals surface area contributed by atoms with Gasteiger partial charge in [-0.15, -0.1) is 0 Å². The van der Waals surface area contributed by atoms with E-state index in [1.165, 1.54) is 24.3 Å². The lowest BCUT2D eigenvalue weighted by atomic mass is 10.1. The van der Waals surface area contributed by atoms with Crippen LogP contribution in [0.5, 0.6) is 0 Å². The van der Waals surface area contributed by atoms with E-state index in [0.29, 0.717) is 11.1 Å². The molecule has 0 bridgehead atoms. The SMILES string of the molecule is Cc1ccc(C(=O)NNC(=O)/C=C/c2cccc(F)c2)cc1. The molecule has 0 aromatic heterocycles. The van der Waals surface area contributed by atoms with E-state index in [4.69, 9.17) is 0 Å². The maximum absolute atomic E-state index is 13.0. The summed E-state index contributed by atoms with van der Waals surface area (Å²) in [6.07, 6.45) is 2.67. The average Bonchev–Trinajstić information content (AvgIpc) is 2.51. The van der Waals surface area contributed by atoms with Crippen LogP contribution in [-0.4, -0.2) is 11.8 Å². The van der Waals surface area contributed by atoms with Crippen LogP contribution < -0.4 is 10.9 Å². The number of benzene rings is 2. The maximum Gasteiger partial charge on any atom is 0.269 e. The summed E-state index contributed by atoms with van der Waals surface area (Å²) < 4.78 is 13.0. The summed E-state index contributed by atoms with van der Waals surface area (Å²) in [6.45, 7) is 1.92. The Morgan fingerprint density at radius 3 is 2.45 bits per heavy atom. The standard InChI is InChI=1S/C17H15FN2O2/c1-12-5-8-14(9-6-12)17(22)20-19-16(21)10-7-13-3-2-4-15(18)11-13/h2-11H,1H3,(H,19,21)(H,20,22)/b10-7+. The van der Waals surface area contributed by atoms with E-state index in [-0.39, 0.29) is 5.82 Å². The molecule has 5 heteroatoms. The third-order valence-electron chi connectivity index (χ3n) is 2.89. The zero-order chi connectivity index (χ0) is 15.9. The highest BCUT2D eigenvalue weighted by Gasteiger charge is 2.05. The van der Waals surface area contributed by atoms with Gasteiger partial charge in [0.05, 0.1) is 0 Å². The molecule has 0 aliphatic heterocycles. The summed E-state index contributed by atoms with van der Waals surface area (Å²) in [6, 6.07) is 12.8. The van der Waals surface area contributed by atoms with Crippen molar-refractivity contribution >= 4 is 17.9 Å². The number of rotatable bonds is 3. The first-order chi connectivity index (χ1) is 10.5. The smallest absolute Gasteiger partial charge is 0.268 e. The second-order valence-corrected chi connectivity index (χ2v) is 4.70. The predicted molar refractivity (Wildman–Crippen MR) is 82.2 cm³/mol. The van der Waals surface area contributed by atoms with E-state index in [2.05, 4.69) is 10.9 Å². The van der Waals surface area contributed by atoms with Gasteiger partial charge in [0.2, 0.25) is 0 Å². The van der Waals surface area contributed by atoms with Gasteiger partial charge in [-0.25, -0.2) is 4.39 Å². The Labute approximate surface area is 127 Å². The number of hydrazine groups is 1. The minimum absolute atomic E-state index is 0.379. The van der Waals surface area contributed by atoms with Crippen molar-refractivity contribution < 1.29 is 14.0 Å². The van der Waals surface area contributed by atoms with Crippen LogP contribution in [0.25, 0.3) is 6.08 Å². The van der Waals surface area contributed by atoms with Crippen LogP contribution in [0.15, 0.2) is 54.6 Å². The van der Waals surface area contributed by atoms with Crippen LogP contribution in [0.3, 0.4) is 0 Å². The number of hydrogen-bond acceptors (Lipinski definition) is 2. The Balaban J connectivity index is 1.87. The zero-order valence-corrected chi connectivity index (χ0v) is 12.0. The quantitative estimate of drug-likeness (QED) is 0.676. The third-order valence-corrected chi connectivity index (χ3v) is 2.89. The number of aryl methyl sites for hydroxylation is 1. The third kappa shape index (κ3) is 4.56. The number of carbonyl (C=O) groups is 2. The molecule has 0 aliphatic rings. The zero-order valence-electron chi connectivity index (χ0n) is 12.0. The molecule has 0 unspecified atom stereocenters. The first kappa shape index (κ1) is 15.4. The number of nitrogens with one attached hydrogen (secondary N) is 2.